The van der Waals surface area contributed by atoms with Crippen LogP contribution >= 0.6 is 7.82 Å². The molecule has 0 fully saturated rings. The first-order chi connectivity index (χ1) is 28.0. The fourth-order valence-corrected chi connectivity index (χ4v) is 5.76. The molecule has 10 heteroatoms. The summed E-state index contributed by atoms with van der Waals surface area (Å²) in [4.78, 5) is 35.0. The van der Waals surface area contributed by atoms with Crippen LogP contribution in [0.5, 0.6) is 0 Å². The van der Waals surface area contributed by atoms with Gasteiger partial charge < -0.3 is 18.9 Å². The lowest BCUT2D eigenvalue weighted by Gasteiger charge is -2.24. The van der Waals surface area contributed by atoms with E-state index in [2.05, 4.69) is 38.2 Å². The van der Waals surface area contributed by atoms with Crippen molar-refractivity contribution in [2.24, 2.45) is 0 Å². The van der Waals surface area contributed by atoms with Gasteiger partial charge in [0, 0.05) is 12.2 Å². The molecule has 0 heterocycles. The Morgan fingerprint density at radius 3 is 1.38 bits per heavy atom. The summed E-state index contributed by atoms with van der Waals surface area (Å²) in [5.41, 5.74) is 0. The normalized spacial score (nSPS) is 14.8. The average molecular weight is 827 g/mol. The van der Waals surface area contributed by atoms with Gasteiger partial charge in [-0.05, 0) is 25.7 Å². The molecule has 0 saturated heterocycles. The lowest BCUT2D eigenvalue weighted by Crippen LogP contribution is -2.37. The number of quaternary nitrogens is 1. The Bertz CT molecular complexity index is 1390. The summed E-state index contributed by atoms with van der Waals surface area (Å²) in [5, 5.41) is 0. The van der Waals surface area contributed by atoms with Crippen molar-refractivity contribution in [3.63, 3.8) is 0 Å². The summed E-state index contributed by atoms with van der Waals surface area (Å²) in [7, 11) is 1.30. The van der Waals surface area contributed by atoms with Crippen LogP contribution in [0.2, 0.25) is 0 Å². The third-order valence-corrected chi connectivity index (χ3v) is 9.36. The summed E-state index contributed by atoms with van der Waals surface area (Å²) in [6.07, 6.45) is 55.4. The van der Waals surface area contributed by atoms with Crippen LogP contribution in [0.1, 0.15) is 117 Å². The zero-order chi connectivity index (χ0) is 42.8. The van der Waals surface area contributed by atoms with Crippen LogP contribution in [0.3, 0.4) is 0 Å². The van der Waals surface area contributed by atoms with E-state index in [1.54, 1.807) is 24.3 Å². The number of carbonyl (C=O) groups excluding carboxylic acids is 2. The number of allylic oxidation sites excluding steroid dienone is 18. The molecule has 0 bridgehead atoms. The van der Waals surface area contributed by atoms with Crippen LogP contribution in [0.4, 0.5) is 0 Å². The van der Waals surface area contributed by atoms with E-state index in [0.717, 1.165) is 12.8 Å². The molecule has 0 aliphatic rings. The van der Waals surface area contributed by atoms with Gasteiger partial charge in [-0.3, -0.25) is 9.05 Å². The first kappa shape index (κ1) is 54.4. The highest BCUT2D eigenvalue weighted by Crippen LogP contribution is 2.43. The van der Waals surface area contributed by atoms with Crippen LogP contribution in [-0.4, -0.2) is 74.9 Å². The highest BCUT2D eigenvalue weighted by molar-refractivity contribution is 7.47. The number of ether oxygens (including phenoxy) is 2. The molecule has 9 nitrogen and oxygen atoms in total. The molecular weight excluding hydrogens is 750 g/mol. The zero-order valence-electron chi connectivity index (χ0n) is 36.5. The molecule has 0 aliphatic carbocycles. The highest BCUT2D eigenvalue weighted by atomic mass is 31.2. The number of phosphoric acid groups is 1. The Morgan fingerprint density at radius 2 is 0.931 bits per heavy atom. The summed E-state index contributed by atoms with van der Waals surface area (Å²) in [6, 6.07) is 0. The second kappa shape index (κ2) is 38.9. The van der Waals surface area contributed by atoms with Crippen molar-refractivity contribution >= 4 is 19.8 Å². The predicted octanol–water partition coefficient (Wildman–Crippen LogP) is 12.1. The number of nitrogens with zero attached hydrogens (tertiary/aromatic N) is 1. The van der Waals surface area contributed by atoms with Crippen LogP contribution in [0.25, 0.3) is 0 Å². The first-order valence-electron chi connectivity index (χ1n) is 21.4. The third-order valence-electron chi connectivity index (χ3n) is 8.38. The molecule has 326 valence electrons. The minimum Gasteiger partial charge on any atom is -0.458 e. The van der Waals surface area contributed by atoms with E-state index in [-0.39, 0.29) is 6.61 Å². The average Bonchev–Trinajstić information content (AvgIpc) is 3.17. The molecule has 0 amide bonds. The molecule has 0 aromatic carbocycles. The van der Waals surface area contributed by atoms with Crippen molar-refractivity contribution in [1.29, 1.82) is 0 Å². The van der Waals surface area contributed by atoms with Crippen molar-refractivity contribution in [2.75, 3.05) is 47.5 Å². The highest BCUT2D eigenvalue weighted by Gasteiger charge is 2.26. The van der Waals surface area contributed by atoms with Crippen molar-refractivity contribution in [3.8, 4) is 0 Å². The zero-order valence-corrected chi connectivity index (χ0v) is 37.4. The first-order valence-corrected chi connectivity index (χ1v) is 22.9. The van der Waals surface area contributed by atoms with E-state index in [9.17, 15) is 19.0 Å². The van der Waals surface area contributed by atoms with Gasteiger partial charge in [0.2, 0.25) is 0 Å². The second-order valence-corrected chi connectivity index (χ2v) is 16.5. The molecule has 58 heavy (non-hydrogen) atoms. The summed E-state index contributed by atoms with van der Waals surface area (Å²) in [5.74, 6) is -1.43. The van der Waals surface area contributed by atoms with Gasteiger partial charge in [0.25, 0.3) is 0 Å². The standard InChI is InChI=1S/C48H76NO8P/c1-6-8-10-12-14-16-18-20-22-24-26-28-30-32-34-36-38-40-47(50)54-44-46(45-56-58(52,53)55-43-42-49(3,4)5)57-48(51)41-39-37-35-33-31-29-27-25-23-21-19-17-15-13-11-9-7-2/h22-41,46H,6-21,42-45H2,1-5H3/p+1/b24-22+,25-23+,28-26+,29-27+,32-30+,33-31+,36-34+,37-35+,40-38+,41-39+/t46-/m1/s1. The molecule has 1 N–H and O–H groups in total. The smallest absolute Gasteiger partial charge is 0.458 e. The van der Waals surface area contributed by atoms with E-state index in [1.807, 2.05) is 69.8 Å². The van der Waals surface area contributed by atoms with Crippen molar-refractivity contribution in [3.05, 3.63) is 122 Å². The quantitative estimate of drug-likeness (QED) is 0.0166. The molecule has 0 aromatic rings. The Hall–Kier alpha value is -3.59. The fourth-order valence-electron chi connectivity index (χ4n) is 5.01. The molecule has 0 aliphatic heterocycles. The predicted molar refractivity (Wildman–Crippen MR) is 242 cm³/mol. The maximum atomic E-state index is 12.5. The number of hydrogen-bond donors (Lipinski definition) is 1. The molecule has 0 saturated carbocycles. The Balaban J connectivity index is 4.85. The Labute approximate surface area is 352 Å². The number of rotatable bonds is 36. The van der Waals surface area contributed by atoms with E-state index < -0.39 is 39.1 Å². The molecule has 0 rings (SSSR count). The maximum absolute atomic E-state index is 12.5. The van der Waals surface area contributed by atoms with Crippen LogP contribution in [-0.2, 0) is 32.7 Å². The van der Waals surface area contributed by atoms with E-state index in [1.165, 1.54) is 114 Å². The van der Waals surface area contributed by atoms with Crippen LogP contribution in [0.15, 0.2) is 122 Å². The number of likely N-dealkylation sites (N-methyl/N-ethyl adjacent to an activating group) is 1. The monoisotopic (exact) mass is 827 g/mol. The van der Waals surface area contributed by atoms with Crippen molar-refractivity contribution < 1.29 is 42.1 Å². The molecular formula is C48H77NO8P+. The molecule has 0 radical (unpaired) electrons. The van der Waals surface area contributed by atoms with Gasteiger partial charge in [-0.25, -0.2) is 14.2 Å². The Kier molecular flexibility index (Phi) is 36.5. The third kappa shape index (κ3) is 42.0. The van der Waals surface area contributed by atoms with Crippen molar-refractivity contribution in [1.82, 2.24) is 0 Å². The number of esters is 2. The van der Waals surface area contributed by atoms with Gasteiger partial charge in [-0.1, -0.05) is 200 Å². The summed E-state index contributed by atoms with van der Waals surface area (Å²) < 4.78 is 33.7. The van der Waals surface area contributed by atoms with Gasteiger partial charge in [0.1, 0.15) is 19.8 Å². The molecule has 0 spiro atoms. The van der Waals surface area contributed by atoms with Gasteiger partial charge in [0.15, 0.2) is 6.10 Å². The van der Waals surface area contributed by atoms with Crippen LogP contribution < -0.4 is 0 Å². The van der Waals surface area contributed by atoms with E-state index in [4.69, 9.17) is 18.5 Å². The largest absolute Gasteiger partial charge is 0.472 e. The SMILES string of the molecule is CCCCCCCCC/C=C/C=C/C=C/C=C/C=C/C(=O)OC[C@H](COP(=O)(O)OCC[N+](C)(C)C)OC(=O)/C=C/C=C/C=C/C=C/C=C/CCCCCCCCC. The van der Waals surface area contributed by atoms with Gasteiger partial charge in [-0.2, -0.15) is 0 Å². The van der Waals surface area contributed by atoms with E-state index >= 15 is 0 Å². The minimum absolute atomic E-state index is 0.0216. The van der Waals surface area contributed by atoms with Gasteiger partial charge in [-0.15, -0.1) is 0 Å². The molecule has 0 aromatic heterocycles. The second-order valence-electron chi connectivity index (χ2n) is 15.0. The van der Waals surface area contributed by atoms with Crippen LogP contribution in [0, 0.1) is 0 Å². The van der Waals surface area contributed by atoms with Crippen molar-refractivity contribution in [2.45, 2.75) is 123 Å². The number of phosphoric ester groups is 1. The lowest BCUT2D eigenvalue weighted by molar-refractivity contribution is -0.870. The molecule has 2 atom stereocenters. The maximum Gasteiger partial charge on any atom is 0.472 e. The number of unbranched alkanes of at least 4 members (excludes halogenated alkanes) is 14. The minimum atomic E-state index is -4.45. The Morgan fingerprint density at radius 1 is 0.534 bits per heavy atom. The lowest BCUT2D eigenvalue weighted by atomic mass is 10.1. The fraction of sp³-hybridized carbons (Fsp3) is 0.542. The summed E-state index contributed by atoms with van der Waals surface area (Å²) >= 11 is 0. The van der Waals surface area contributed by atoms with Gasteiger partial charge in [0.05, 0.1) is 27.7 Å². The van der Waals surface area contributed by atoms with E-state index in [0.29, 0.717) is 11.0 Å². The topological polar surface area (TPSA) is 108 Å². The summed E-state index contributed by atoms with van der Waals surface area (Å²) in [6.45, 7) is 3.99. The number of carbonyl (C=O) groups is 2. The molecule has 1 unspecified atom stereocenters. The van der Waals surface area contributed by atoms with Gasteiger partial charge >= 0.3 is 19.8 Å². The number of hydrogen-bond acceptors (Lipinski definition) is 7.